The molecule has 4 heteroatoms. The van der Waals surface area contributed by atoms with Crippen molar-refractivity contribution in [2.24, 2.45) is 0 Å². The predicted molar refractivity (Wildman–Crippen MR) is 154 cm³/mol. The van der Waals surface area contributed by atoms with E-state index in [4.69, 9.17) is 9.97 Å². The van der Waals surface area contributed by atoms with Crippen LogP contribution < -0.4 is 9.80 Å². The van der Waals surface area contributed by atoms with Gasteiger partial charge in [0, 0.05) is 29.2 Å². The summed E-state index contributed by atoms with van der Waals surface area (Å²) in [4.78, 5) is 14.7. The molecule has 0 saturated carbocycles. The highest BCUT2D eigenvalue weighted by Gasteiger charge is 2.50. The van der Waals surface area contributed by atoms with E-state index in [1.165, 1.54) is 50.3 Å². The second-order valence-corrected chi connectivity index (χ2v) is 11.0. The van der Waals surface area contributed by atoms with Gasteiger partial charge in [-0.2, -0.15) is 0 Å². The van der Waals surface area contributed by atoms with Crippen molar-refractivity contribution in [1.82, 2.24) is 9.97 Å². The first-order valence-electron chi connectivity index (χ1n) is 13.6. The van der Waals surface area contributed by atoms with Crippen LogP contribution in [0.15, 0.2) is 67.0 Å². The number of aromatic nitrogens is 2. The lowest BCUT2D eigenvalue weighted by molar-refractivity contribution is 0.322. The van der Waals surface area contributed by atoms with Gasteiger partial charge in [0.2, 0.25) is 0 Å². The zero-order valence-corrected chi connectivity index (χ0v) is 22.8. The van der Waals surface area contributed by atoms with E-state index in [0.29, 0.717) is 0 Å². The van der Waals surface area contributed by atoms with Gasteiger partial charge in [0.05, 0.1) is 0 Å². The SMILES string of the molecule is CCC1(CC)CC2N(c3cc(C)cc(C)c3)c3nccnc3N2c2cc(-c3c(C)cccc3C)ccc21. The molecule has 6 rings (SSSR count). The Labute approximate surface area is 221 Å². The molecule has 2 aliphatic rings. The molecule has 0 spiro atoms. The summed E-state index contributed by atoms with van der Waals surface area (Å²) >= 11 is 0. The Morgan fingerprint density at radius 1 is 0.784 bits per heavy atom. The Kier molecular flexibility index (Phi) is 5.59. The van der Waals surface area contributed by atoms with Gasteiger partial charge < -0.3 is 9.80 Å². The van der Waals surface area contributed by atoms with Crippen molar-refractivity contribution in [2.75, 3.05) is 9.80 Å². The summed E-state index contributed by atoms with van der Waals surface area (Å²) in [6.07, 6.45) is 7.01. The zero-order chi connectivity index (χ0) is 25.9. The topological polar surface area (TPSA) is 32.3 Å². The number of hydrogen-bond donors (Lipinski definition) is 0. The average Bonchev–Trinajstić information content (AvgIpc) is 3.21. The highest BCUT2D eigenvalue weighted by atomic mass is 15.5. The molecule has 0 radical (unpaired) electrons. The molecule has 0 N–H and O–H groups in total. The third-order valence-electron chi connectivity index (χ3n) is 8.72. The molecule has 1 unspecified atom stereocenters. The third kappa shape index (κ3) is 3.57. The van der Waals surface area contributed by atoms with E-state index in [1.54, 1.807) is 0 Å². The van der Waals surface area contributed by atoms with Crippen LogP contribution in [-0.2, 0) is 5.41 Å². The van der Waals surface area contributed by atoms with Crippen molar-refractivity contribution in [2.45, 2.75) is 72.4 Å². The Balaban J connectivity index is 1.61. The van der Waals surface area contributed by atoms with E-state index in [-0.39, 0.29) is 11.6 Å². The molecular weight excluding hydrogens is 452 g/mol. The highest BCUT2D eigenvalue weighted by molar-refractivity contribution is 5.88. The fraction of sp³-hybridized carbons (Fsp3) is 0.333. The normalized spacial score (nSPS) is 17.4. The summed E-state index contributed by atoms with van der Waals surface area (Å²) in [5.74, 6) is 1.90. The molecule has 3 heterocycles. The van der Waals surface area contributed by atoms with Crippen LogP contribution in [0.3, 0.4) is 0 Å². The summed E-state index contributed by atoms with van der Waals surface area (Å²) < 4.78 is 0. The minimum atomic E-state index is 0.0922. The van der Waals surface area contributed by atoms with Crippen molar-refractivity contribution in [3.8, 4) is 11.1 Å². The van der Waals surface area contributed by atoms with E-state index in [1.807, 2.05) is 12.4 Å². The van der Waals surface area contributed by atoms with E-state index < -0.39 is 0 Å². The number of anilines is 4. The molecule has 188 valence electrons. The fourth-order valence-corrected chi connectivity index (χ4v) is 6.89. The third-order valence-corrected chi connectivity index (χ3v) is 8.72. The first-order chi connectivity index (χ1) is 17.9. The van der Waals surface area contributed by atoms with Crippen molar-refractivity contribution in [1.29, 1.82) is 0 Å². The highest BCUT2D eigenvalue weighted by Crippen LogP contribution is 2.56. The van der Waals surface area contributed by atoms with Crippen LogP contribution in [0.25, 0.3) is 11.1 Å². The molecule has 0 amide bonds. The molecule has 0 bridgehead atoms. The second-order valence-electron chi connectivity index (χ2n) is 11.0. The van der Waals surface area contributed by atoms with Crippen LogP contribution in [0.1, 0.15) is 60.9 Å². The molecule has 37 heavy (non-hydrogen) atoms. The fourth-order valence-electron chi connectivity index (χ4n) is 6.89. The maximum atomic E-state index is 4.92. The second kappa shape index (κ2) is 8.72. The number of fused-ring (bicyclic) bond motifs is 5. The summed E-state index contributed by atoms with van der Waals surface area (Å²) in [7, 11) is 0. The minimum absolute atomic E-state index is 0.0922. The van der Waals surface area contributed by atoms with Crippen molar-refractivity contribution in [3.63, 3.8) is 0 Å². The molecule has 0 aliphatic carbocycles. The molecule has 4 aromatic rings. The number of nitrogens with zero attached hydrogens (tertiary/aromatic N) is 4. The number of hydrogen-bond acceptors (Lipinski definition) is 4. The summed E-state index contributed by atoms with van der Waals surface area (Å²) in [5.41, 5.74) is 11.7. The van der Waals surface area contributed by atoms with Gasteiger partial charge in [0.25, 0.3) is 0 Å². The molecule has 4 nitrogen and oxygen atoms in total. The smallest absolute Gasteiger partial charge is 0.178 e. The predicted octanol–water partition coefficient (Wildman–Crippen LogP) is 8.45. The Bertz CT molecular complexity index is 1460. The minimum Gasteiger partial charge on any atom is -0.302 e. The summed E-state index contributed by atoms with van der Waals surface area (Å²) in [6.45, 7) is 13.5. The van der Waals surface area contributed by atoms with Crippen molar-refractivity contribution in [3.05, 3.63) is 94.8 Å². The summed E-state index contributed by atoms with van der Waals surface area (Å²) in [5, 5.41) is 0. The molecule has 2 aliphatic heterocycles. The lowest BCUT2D eigenvalue weighted by atomic mass is 9.69. The zero-order valence-electron chi connectivity index (χ0n) is 22.8. The van der Waals surface area contributed by atoms with Gasteiger partial charge in [-0.1, -0.05) is 50.2 Å². The van der Waals surface area contributed by atoms with Gasteiger partial charge in [0.15, 0.2) is 11.6 Å². The maximum Gasteiger partial charge on any atom is 0.178 e. The van der Waals surface area contributed by atoms with E-state index >= 15 is 0 Å². The molecule has 1 aromatic heterocycles. The first kappa shape index (κ1) is 23.7. The van der Waals surface area contributed by atoms with Gasteiger partial charge in [-0.25, -0.2) is 9.97 Å². The van der Waals surface area contributed by atoms with Crippen LogP contribution in [0.5, 0.6) is 0 Å². The molecule has 0 saturated heterocycles. The van der Waals surface area contributed by atoms with Crippen molar-refractivity contribution >= 4 is 23.0 Å². The average molecular weight is 489 g/mol. The largest absolute Gasteiger partial charge is 0.302 e. The Morgan fingerprint density at radius 2 is 1.41 bits per heavy atom. The van der Waals surface area contributed by atoms with E-state index in [0.717, 1.165) is 30.9 Å². The molecular formula is C33H36N4. The molecule has 3 aromatic carbocycles. The van der Waals surface area contributed by atoms with Gasteiger partial charge >= 0.3 is 0 Å². The Hall–Kier alpha value is -3.66. The first-order valence-corrected chi connectivity index (χ1v) is 13.6. The molecule has 1 atom stereocenters. The van der Waals surface area contributed by atoms with Crippen molar-refractivity contribution < 1.29 is 0 Å². The van der Waals surface area contributed by atoms with Gasteiger partial charge in [-0.15, -0.1) is 0 Å². The van der Waals surface area contributed by atoms with Gasteiger partial charge in [-0.3, -0.25) is 0 Å². The lowest BCUT2D eigenvalue weighted by Crippen LogP contribution is -2.48. The van der Waals surface area contributed by atoms with Crippen LogP contribution in [0.4, 0.5) is 23.0 Å². The van der Waals surface area contributed by atoms with Gasteiger partial charge in [0.1, 0.15) is 6.17 Å². The molecule has 0 fully saturated rings. The van der Waals surface area contributed by atoms with Crippen LogP contribution >= 0.6 is 0 Å². The van der Waals surface area contributed by atoms with E-state index in [2.05, 4.69) is 106 Å². The number of benzene rings is 3. The van der Waals surface area contributed by atoms with Gasteiger partial charge in [-0.05, 0) is 104 Å². The standard InChI is InChI=1S/C33H36N4/c1-7-33(8-2)20-29-36(26-17-21(3)16-22(4)18-26)31-32(35-15-14-34-31)37(29)28-19-25(12-13-27(28)33)30-23(5)10-9-11-24(30)6/h9-19,29H,7-8,20H2,1-6H3. The number of rotatable bonds is 4. The lowest BCUT2D eigenvalue weighted by Gasteiger charge is -2.47. The van der Waals surface area contributed by atoms with E-state index in [9.17, 15) is 0 Å². The maximum absolute atomic E-state index is 4.92. The quantitative estimate of drug-likeness (QED) is 0.288. The number of aryl methyl sites for hydroxylation is 4. The summed E-state index contributed by atoms with van der Waals surface area (Å²) in [6, 6.07) is 20.5. The monoisotopic (exact) mass is 488 g/mol. The van der Waals surface area contributed by atoms with Crippen LogP contribution in [0.2, 0.25) is 0 Å². The van der Waals surface area contributed by atoms with Crippen LogP contribution in [0, 0.1) is 27.7 Å². The Morgan fingerprint density at radius 3 is 2.03 bits per heavy atom. The van der Waals surface area contributed by atoms with Crippen LogP contribution in [-0.4, -0.2) is 16.1 Å².